The maximum absolute atomic E-state index is 10.3. The first-order valence-electron chi connectivity index (χ1n) is 6.50. The van der Waals surface area contributed by atoms with E-state index in [4.69, 9.17) is 11.6 Å². The Bertz CT molecular complexity index is 398. The van der Waals surface area contributed by atoms with Crippen molar-refractivity contribution in [2.45, 2.75) is 45.6 Å². The lowest BCUT2D eigenvalue weighted by Crippen LogP contribution is -2.57. The molecule has 0 radical (unpaired) electrons. The summed E-state index contributed by atoms with van der Waals surface area (Å²) >= 11 is 6.07. The molecule has 0 aliphatic heterocycles. The molecule has 0 amide bonds. The molecule has 2 heteroatoms. The standard InChI is InChI=1S/C15H21ClO/c1-4-15(5-2)13(10(3)14(15)17)11-7-6-8-12(16)9-11/h6-10,13-14,17H,4-5H2,1-3H3. The fourth-order valence-corrected chi connectivity index (χ4v) is 3.94. The van der Waals surface area contributed by atoms with Gasteiger partial charge in [-0.3, -0.25) is 0 Å². The summed E-state index contributed by atoms with van der Waals surface area (Å²) in [6.07, 6.45) is 1.86. The van der Waals surface area contributed by atoms with E-state index < -0.39 is 0 Å². The Balaban J connectivity index is 2.37. The molecular weight excluding hydrogens is 232 g/mol. The van der Waals surface area contributed by atoms with E-state index >= 15 is 0 Å². The average Bonchev–Trinajstić information content (AvgIpc) is 2.34. The van der Waals surface area contributed by atoms with Crippen LogP contribution in [-0.4, -0.2) is 11.2 Å². The number of halogens is 1. The first-order chi connectivity index (χ1) is 8.06. The van der Waals surface area contributed by atoms with Crippen LogP contribution in [0.15, 0.2) is 24.3 Å². The van der Waals surface area contributed by atoms with Gasteiger partial charge in [-0.2, -0.15) is 0 Å². The normalized spacial score (nSPS) is 31.0. The summed E-state index contributed by atoms with van der Waals surface area (Å²) in [5, 5.41) is 11.1. The Hall–Kier alpha value is -0.530. The van der Waals surface area contributed by atoms with Crippen LogP contribution in [0.5, 0.6) is 0 Å². The van der Waals surface area contributed by atoms with Crippen LogP contribution < -0.4 is 0 Å². The molecule has 0 spiro atoms. The van der Waals surface area contributed by atoms with Crippen molar-refractivity contribution >= 4 is 11.6 Å². The number of hydrogen-bond donors (Lipinski definition) is 1. The first-order valence-corrected chi connectivity index (χ1v) is 6.88. The molecule has 1 saturated carbocycles. The lowest BCUT2D eigenvalue weighted by atomic mass is 9.48. The van der Waals surface area contributed by atoms with Crippen LogP contribution in [-0.2, 0) is 0 Å². The molecule has 1 aliphatic carbocycles. The minimum absolute atomic E-state index is 0.0457. The third kappa shape index (κ3) is 1.80. The topological polar surface area (TPSA) is 20.2 Å². The van der Waals surface area contributed by atoms with Gasteiger partial charge >= 0.3 is 0 Å². The predicted molar refractivity (Wildman–Crippen MR) is 72.4 cm³/mol. The molecule has 0 saturated heterocycles. The van der Waals surface area contributed by atoms with Gasteiger partial charge in [0.1, 0.15) is 0 Å². The molecule has 3 unspecified atom stereocenters. The highest BCUT2D eigenvalue weighted by molar-refractivity contribution is 6.30. The van der Waals surface area contributed by atoms with Crippen LogP contribution in [0.3, 0.4) is 0 Å². The minimum Gasteiger partial charge on any atom is -0.392 e. The fourth-order valence-electron chi connectivity index (χ4n) is 3.74. The number of hydrogen-bond acceptors (Lipinski definition) is 1. The van der Waals surface area contributed by atoms with Crippen LogP contribution in [0.4, 0.5) is 0 Å². The van der Waals surface area contributed by atoms with Gasteiger partial charge in [0.2, 0.25) is 0 Å². The Morgan fingerprint density at radius 2 is 1.94 bits per heavy atom. The van der Waals surface area contributed by atoms with E-state index in [-0.39, 0.29) is 11.5 Å². The molecule has 1 aromatic rings. The van der Waals surface area contributed by atoms with E-state index in [0.29, 0.717) is 11.8 Å². The first kappa shape index (κ1) is 12.9. The largest absolute Gasteiger partial charge is 0.392 e. The van der Waals surface area contributed by atoms with Crippen molar-refractivity contribution < 1.29 is 5.11 Å². The van der Waals surface area contributed by atoms with Crippen molar-refractivity contribution in [3.63, 3.8) is 0 Å². The molecule has 1 aliphatic rings. The monoisotopic (exact) mass is 252 g/mol. The highest BCUT2D eigenvalue weighted by Crippen LogP contribution is 2.60. The molecule has 0 heterocycles. The molecule has 17 heavy (non-hydrogen) atoms. The van der Waals surface area contributed by atoms with Crippen LogP contribution in [0, 0.1) is 11.3 Å². The van der Waals surface area contributed by atoms with Gasteiger partial charge in [0.25, 0.3) is 0 Å². The molecule has 1 N–H and O–H groups in total. The van der Waals surface area contributed by atoms with Gasteiger partial charge in [0.05, 0.1) is 6.10 Å². The van der Waals surface area contributed by atoms with Gasteiger partial charge in [-0.1, -0.05) is 44.5 Å². The molecule has 94 valence electrons. The van der Waals surface area contributed by atoms with Crippen molar-refractivity contribution in [1.29, 1.82) is 0 Å². The van der Waals surface area contributed by atoms with Gasteiger partial charge in [-0.05, 0) is 42.4 Å². The summed E-state index contributed by atoms with van der Waals surface area (Å²) in [6.45, 7) is 6.49. The van der Waals surface area contributed by atoms with Crippen molar-refractivity contribution in [2.75, 3.05) is 0 Å². The summed E-state index contributed by atoms with van der Waals surface area (Å²) in [4.78, 5) is 0. The highest BCUT2D eigenvalue weighted by Gasteiger charge is 2.57. The molecule has 1 fully saturated rings. The highest BCUT2D eigenvalue weighted by atomic mass is 35.5. The third-order valence-electron chi connectivity index (χ3n) is 4.76. The quantitative estimate of drug-likeness (QED) is 0.853. The zero-order chi connectivity index (χ0) is 12.6. The summed E-state index contributed by atoms with van der Waals surface area (Å²) in [7, 11) is 0. The van der Waals surface area contributed by atoms with Crippen LogP contribution in [0.1, 0.15) is 45.1 Å². The zero-order valence-corrected chi connectivity index (χ0v) is 11.5. The third-order valence-corrected chi connectivity index (χ3v) is 4.99. The predicted octanol–water partition coefficient (Wildman–Crippen LogP) is 4.24. The lowest BCUT2D eigenvalue weighted by molar-refractivity contribution is -0.142. The van der Waals surface area contributed by atoms with Gasteiger partial charge < -0.3 is 5.11 Å². The molecule has 1 nitrogen and oxygen atoms in total. The maximum Gasteiger partial charge on any atom is 0.0633 e. The number of rotatable bonds is 3. The van der Waals surface area contributed by atoms with Crippen molar-refractivity contribution in [3.8, 4) is 0 Å². The summed E-state index contributed by atoms with van der Waals surface area (Å²) in [6, 6.07) is 8.10. The molecule has 0 aromatic heterocycles. The van der Waals surface area contributed by atoms with Crippen LogP contribution >= 0.6 is 11.6 Å². The second kappa shape index (κ2) is 4.62. The Labute approximate surface area is 109 Å². The molecular formula is C15H21ClO. The fraction of sp³-hybridized carbons (Fsp3) is 0.600. The van der Waals surface area contributed by atoms with E-state index in [1.165, 1.54) is 5.56 Å². The zero-order valence-electron chi connectivity index (χ0n) is 10.8. The van der Waals surface area contributed by atoms with Crippen molar-refractivity contribution in [3.05, 3.63) is 34.9 Å². The SMILES string of the molecule is CCC1(CC)C(O)C(C)C1c1cccc(Cl)c1. The summed E-state index contributed by atoms with van der Waals surface area (Å²) < 4.78 is 0. The van der Waals surface area contributed by atoms with Crippen molar-refractivity contribution in [1.82, 2.24) is 0 Å². The van der Waals surface area contributed by atoms with Crippen molar-refractivity contribution in [2.24, 2.45) is 11.3 Å². The lowest BCUT2D eigenvalue weighted by Gasteiger charge is -2.58. The number of aliphatic hydroxyl groups excluding tert-OH is 1. The average molecular weight is 253 g/mol. The van der Waals surface area contributed by atoms with Crippen LogP contribution in [0.2, 0.25) is 5.02 Å². The van der Waals surface area contributed by atoms with E-state index in [1.54, 1.807) is 0 Å². The van der Waals surface area contributed by atoms with E-state index in [1.807, 2.05) is 12.1 Å². The Morgan fingerprint density at radius 3 is 2.47 bits per heavy atom. The molecule has 3 atom stereocenters. The summed E-state index contributed by atoms with van der Waals surface area (Å²) in [5.74, 6) is 0.763. The second-order valence-electron chi connectivity index (χ2n) is 5.28. The number of aliphatic hydroxyl groups is 1. The summed E-state index contributed by atoms with van der Waals surface area (Å²) in [5.41, 5.74) is 1.32. The van der Waals surface area contributed by atoms with Gasteiger partial charge in [0.15, 0.2) is 0 Å². The van der Waals surface area contributed by atoms with E-state index in [2.05, 4.69) is 32.9 Å². The minimum atomic E-state index is -0.179. The molecule has 0 bridgehead atoms. The van der Waals surface area contributed by atoms with E-state index in [0.717, 1.165) is 17.9 Å². The molecule has 1 aromatic carbocycles. The number of benzene rings is 1. The Morgan fingerprint density at radius 1 is 1.29 bits per heavy atom. The Kier molecular flexibility index (Phi) is 3.51. The van der Waals surface area contributed by atoms with Gasteiger partial charge in [0, 0.05) is 10.4 Å². The smallest absolute Gasteiger partial charge is 0.0633 e. The van der Waals surface area contributed by atoms with Gasteiger partial charge in [-0.15, -0.1) is 0 Å². The van der Waals surface area contributed by atoms with Gasteiger partial charge in [-0.25, -0.2) is 0 Å². The van der Waals surface area contributed by atoms with E-state index in [9.17, 15) is 5.11 Å². The molecule has 2 rings (SSSR count). The second-order valence-corrected chi connectivity index (χ2v) is 5.71. The van der Waals surface area contributed by atoms with Crippen LogP contribution in [0.25, 0.3) is 0 Å². The maximum atomic E-state index is 10.3.